The lowest BCUT2D eigenvalue weighted by Crippen LogP contribution is -2.09. The molecule has 0 aliphatic carbocycles. The topological polar surface area (TPSA) is 113 Å². The van der Waals surface area contributed by atoms with Gasteiger partial charge in [0.05, 0.1) is 12.8 Å². The highest BCUT2D eigenvalue weighted by atomic mass is 32.2. The van der Waals surface area contributed by atoms with E-state index in [0.717, 1.165) is 19.5 Å². The number of rotatable bonds is 5. The molecule has 9 heteroatoms. The van der Waals surface area contributed by atoms with Gasteiger partial charge in [0.25, 0.3) is 10.1 Å². The molecule has 2 heterocycles. The Labute approximate surface area is 140 Å². The van der Waals surface area contributed by atoms with Gasteiger partial charge in [0.1, 0.15) is 12.7 Å². The van der Waals surface area contributed by atoms with Crippen molar-refractivity contribution in [3.63, 3.8) is 0 Å². The Bertz CT molecular complexity index is 864. The quantitative estimate of drug-likeness (QED) is 0.593. The fourth-order valence-corrected chi connectivity index (χ4v) is 2.29. The summed E-state index contributed by atoms with van der Waals surface area (Å²) in [6.45, 7) is 1.74. The fraction of sp³-hybridized carbons (Fsp3) is 0.333. The zero-order valence-electron chi connectivity index (χ0n) is 13.6. The van der Waals surface area contributed by atoms with Crippen LogP contribution in [0.3, 0.4) is 0 Å². The SMILES string of the molecule is CNCCc1c[nH]c2ccc(Cn3cncn3)cc12.CS(=O)(=O)O. The van der Waals surface area contributed by atoms with Crippen molar-refractivity contribution in [2.45, 2.75) is 13.0 Å². The van der Waals surface area contributed by atoms with Crippen LogP contribution in [0.2, 0.25) is 0 Å². The van der Waals surface area contributed by atoms with E-state index in [9.17, 15) is 8.42 Å². The van der Waals surface area contributed by atoms with Crippen molar-refractivity contribution < 1.29 is 13.0 Å². The van der Waals surface area contributed by atoms with Crippen molar-refractivity contribution in [2.24, 2.45) is 0 Å². The molecule has 0 bridgehead atoms. The van der Waals surface area contributed by atoms with E-state index >= 15 is 0 Å². The normalized spacial score (nSPS) is 11.3. The molecular formula is C15H21N5O3S. The van der Waals surface area contributed by atoms with Crippen molar-refractivity contribution in [3.05, 3.63) is 48.2 Å². The molecule has 0 amide bonds. The van der Waals surface area contributed by atoms with Crippen LogP contribution in [-0.4, -0.2) is 52.6 Å². The molecule has 3 rings (SSSR count). The maximum absolute atomic E-state index is 9.19. The molecule has 130 valence electrons. The number of benzene rings is 1. The molecule has 0 radical (unpaired) electrons. The lowest BCUT2D eigenvalue weighted by Gasteiger charge is -2.03. The highest BCUT2D eigenvalue weighted by Crippen LogP contribution is 2.20. The fourth-order valence-electron chi connectivity index (χ4n) is 2.29. The predicted molar refractivity (Wildman–Crippen MR) is 92.5 cm³/mol. The van der Waals surface area contributed by atoms with E-state index in [-0.39, 0.29) is 0 Å². The number of fused-ring (bicyclic) bond motifs is 1. The van der Waals surface area contributed by atoms with Crippen LogP contribution < -0.4 is 5.32 Å². The maximum atomic E-state index is 9.19. The highest BCUT2D eigenvalue weighted by molar-refractivity contribution is 7.85. The van der Waals surface area contributed by atoms with Crippen LogP contribution in [0.5, 0.6) is 0 Å². The summed E-state index contributed by atoms with van der Waals surface area (Å²) in [6, 6.07) is 6.49. The van der Waals surface area contributed by atoms with Crippen LogP contribution in [0.4, 0.5) is 0 Å². The van der Waals surface area contributed by atoms with Gasteiger partial charge in [-0.25, -0.2) is 9.67 Å². The molecule has 1 aromatic carbocycles. The molecule has 0 unspecified atom stereocenters. The van der Waals surface area contributed by atoms with E-state index in [4.69, 9.17) is 4.55 Å². The Hall–Kier alpha value is -2.23. The summed E-state index contributed by atoms with van der Waals surface area (Å²) in [5.41, 5.74) is 3.78. The average molecular weight is 351 g/mol. The van der Waals surface area contributed by atoms with Crippen LogP contribution >= 0.6 is 0 Å². The van der Waals surface area contributed by atoms with Gasteiger partial charge in [-0.15, -0.1) is 0 Å². The molecule has 0 saturated carbocycles. The Morgan fingerprint density at radius 3 is 2.75 bits per heavy atom. The van der Waals surface area contributed by atoms with Gasteiger partial charge in [0.2, 0.25) is 0 Å². The first kappa shape index (κ1) is 18.1. The molecule has 0 fully saturated rings. The smallest absolute Gasteiger partial charge is 0.261 e. The van der Waals surface area contributed by atoms with E-state index in [0.29, 0.717) is 6.26 Å². The second-order valence-electron chi connectivity index (χ2n) is 5.37. The predicted octanol–water partition coefficient (Wildman–Crippen LogP) is 1.07. The van der Waals surface area contributed by atoms with Gasteiger partial charge in [0, 0.05) is 17.1 Å². The number of hydrogen-bond donors (Lipinski definition) is 3. The summed E-state index contributed by atoms with van der Waals surface area (Å²) in [4.78, 5) is 7.29. The molecule has 0 atom stereocenters. The standard InChI is InChI=1S/C14H17N5.CH4O3S/c1-15-5-4-12-7-17-14-3-2-11(6-13(12)14)8-19-10-16-9-18-19;1-5(2,3)4/h2-3,6-7,9-10,15,17H,4-5,8H2,1H3;1H3,(H,2,3,4). The first-order chi connectivity index (χ1) is 11.4. The minimum atomic E-state index is -3.67. The van der Waals surface area contributed by atoms with Gasteiger partial charge in [-0.3, -0.25) is 4.55 Å². The third-order valence-electron chi connectivity index (χ3n) is 3.29. The molecular weight excluding hydrogens is 330 g/mol. The number of nitrogens with one attached hydrogen (secondary N) is 2. The van der Waals surface area contributed by atoms with Crippen LogP contribution in [-0.2, 0) is 23.1 Å². The van der Waals surface area contributed by atoms with Crippen LogP contribution in [0.1, 0.15) is 11.1 Å². The first-order valence-corrected chi connectivity index (χ1v) is 9.20. The highest BCUT2D eigenvalue weighted by Gasteiger charge is 2.05. The van der Waals surface area contributed by atoms with Crippen LogP contribution in [0.25, 0.3) is 10.9 Å². The molecule has 8 nitrogen and oxygen atoms in total. The second kappa shape index (κ2) is 8.04. The minimum absolute atomic E-state index is 0.715. The average Bonchev–Trinajstić information content (AvgIpc) is 3.13. The van der Waals surface area contributed by atoms with Crippen molar-refractivity contribution in [1.82, 2.24) is 25.1 Å². The summed E-state index contributed by atoms with van der Waals surface area (Å²) in [6.07, 6.45) is 7.15. The van der Waals surface area contributed by atoms with Gasteiger partial charge in [-0.1, -0.05) is 6.07 Å². The van der Waals surface area contributed by atoms with Gasteiger partial charge in [-0.05, 0) is 43.3 Å². The number of H-pyrrole nitrogens is 1. The van der Waals surface area contributed by atoms with E-state index in [1.807, 2.05) is 11.7 Å². The Kier molecular flexibility index (Phi) is 6.07. The van der Waals surface area contributed by atoms with Gasteiger partial charge in [0.15, 0.2) is 0 Å². The lowest BCUT2D eigenvalue weighted by atomic mass is 10.1. The molecule has 3 N–H and O–H groups in total. The van der Waals surface area contributed by atoms with Gasteiger partial charge >= 0.3 is 0 Å². The molecule has 0 aliphatic heterocycles. The monoisotopic (exact) mass is 351 g/mol. The maximum Gasteiger partial charge on any atom is 0.261 e. The first-order valence-electron chi connectivity index (χ1n) is 7.35. The summed E-state index contributed by atoms with van der Waals surface area (Å²) in [7, 11) is -1.69. The van der Waals surface area contributed by atoms with Crippen molar-refractivity contribution in [1.29, 1.82) is 0 Å². The third-order valence-corrected chi connectivity index (χ3v) is 3.29. The van der Waals surface area contributed by atoms with E-state index < -0.39 is 10.1 Å². The molecule has 0 aliphatic rings. The zero-order chi connectivity index (χ0) is 17.6. The number of hydrogen-bond acceptors (Lipinski definition) is 5. The summed E-state index contributed by atoms with van der Waals surface area (Å²) in [5, 5.41) is 8.62. The summed E-state index contributed by atoms with van der Waals surface area (Å²) >= 11 is 0. The number of nitrogens with zero attached hydrogens (tertiary/aromatic N) is 3. The van der Waals surface area contributed by atoms with Crippen molar-refractivity contribution in [2.75, 3.05) is 19.8 Å². The number of likely N-dealkylation sites (N-methyl/N-ethyl adjacent to an activating group) is 1. The summed E-state index contributed by atoms with van der Waals surface area (Å²) in [5.74, 6) is 0. The van der Waals surface area contributed by atoms with Crippen molar-refractivity contribution >= 4 is 21.0 Å². The largest absolute Gasteiger partial charge is 0.361 e. The molecule has 3 aromatic rings. The summed E-state index contributed by atoms with van der Waals surface area (Å²) < 4.78 is 27.7. The molecule has 24 heavy (non-hydrogen) atoms. The second-order valence-corrected chi connectivity index (χ2v) is 6.84. The van der Waals surface area contributed by atoms with E-state index in [2.05, 4.69) is 44.8 Å². The Morgan fingerprint density at radius 1 is 1.38 bits per heavy atom. The van der Waals surface area contributed by atoms with Crippen LogP contribution in [0, 0.1) is 0 Å². The molecule has 0 spiro atoms. The minimum Gasteiger partial charge on any atom is -0.361 e. The molecule has 0 saturated heterocycles. The van der Waals surface area contributed by atoms with Crippen molar-refractivity contribution in [3.8, 4) is 0 Å². The Balaban J connectivity index is 0.000000368. The lowest BCUT2D eigenvalue weighted by molar-refractivity contribution is 0.490. The zero-order valence-corrected chi connectivity index (χ0v) is 14.4. The van der Waals surface area contributed by atoms with E-state index in [1.54, 1.807) is 12.7 Å². The van der Waals surface area contributed by atoms with E-state index in [1.165, 1.54) is 22.0 Å². The Morgan fingerprint density at radius 2 is 2.12 bits per heavy atom. The number of aromatic nitrogens is 4. The third kappa shape index (κ3) is 5.76. The molecule has 2 aromatic heterocycles. The number of aromatic amines is 1. The van der Waals surface area contributed by atoms with Crippen LogP contribution in [0.15, 0.2) is 37.1 Å². The van der Waals surface area contributed by atoms with Gasteiger partial charge < -0.3 is 10.3 Å². The van der Waals surface area contributed by atoms with Gasteiger partial charge in [-0.2, -0.15) is 13.5 Å².